The Hall–Kier alpha value is -3.06. The first kappa shape index (κ1) is 17.8. The van der Waals surface area contributed by atoms with Crippen LogP contribution < -0.4 is 16.0 Å². The van der Waals surface area contributed by atoms with E-state index >= 15 is 0 Å². The number of hydrogen-bond donors (Lipinski definition) is 2. The summed E-state index contributed by atoms with van der Waals surface area (Å²) in [6.45, 7) is 4.00. The van der Waals surface area contributed by atoms with Gasteiger partial charge in [0.25, 0.3) is 5.56 Å². The van der Waals surface area contributed by atoms with Gasteiger partial charge in [-0.05, 0) is 24.6 Å². The Bertz CT molecular complexity index is 996. The molecule has 0 aliphatic heterocycles. The van der Waals surface area contributed by atoms with Crippen LogP contribution in [0.2, 0.25) is 0 Å². The van der Waals surface area contributed by atoms with Crippen LogP contribution in [0.5, 0.6) is 5.75 Å². The van der Waals surface area contributed by atoms with Crippen LogP contribution in [0.1, 0.15) is 31.5 Å². The molecule has 1 atom stereocenters. The number of ether oxygens (including phenoxy) is 1. The predicted molar refractivity (Wildman–Crippen MR) is 101 cm³/mol. The van der Waals surface area contributed by atoms with Gasteiger partial charge in [0, 0.05) is 36.5 Å². The highest BCUT2D eigenvalue weighted by Crippen LogP contribution is 2.29. The van der Waals surface area contributed by atoms with E-state index in [0.717, 1.165) is 11.3 Å². The lowest BCUT2D eigenvalue weighted by atomic mass is 10.1. The summed E-state index contributed by atoms with van der Waals surface area (Å²) >= 11 is 0. The average Bonchev–Trinajstić information content (AvgIpc) is 2.82. The largest absolute Gasteiger partial charge is 0.455 e. The second kappa shape index (κ2) is 7.88. The minimum atomic E-state index is -0.306. The number of aromatic amines is 1. The molecule has 0 spiro atoms. The van der Waals surface area contributed by atoms with Crippen molar-refractivity contribution in [3.8, 4) is 5.75 Å². The fraction of sp³-hybridized carbons (Fsp3) is 0.263. The first-order chi connectivity index (χ1) is 12.7. The van der Waals surface area contributed by atoms with Crippen molar-refractivity contribution in [2.45, 2.75) is 32.7 Å². The molecule has 3 aromatic rings. The smallest absolute Gasteiger partial charge is 0.267 e. The highest BCUT2D eigenvalue weighted by atomic mass is 16.5. The summed E-state index contributed by atoms with van der Waals surface area (Å²) < 4.78 is 6.09. The van der Waals surface area contributed by atoms with Crippen LogP contribution in [0.3, 0.4) is 0 Å². The molecule has 7 heteroatoms. The maximum absolute atomic E-state index is 11.6. The van der Waals surface area contributed by atoms with Crippen LogP contribution >= 0.6 is 0 Å². The number of H-pyrrole nitrogens is 1. The molecule has 0 saturated carbocycles. The van der Waals surface area contributed by atoms with Gasteiger partial charge in [-0.2, -0.15) is 0 Å². The fourth-order valence-corrected chi connectivity index (χ4v) is 2.75. The van der Waals surface area contributed by atoms with Crippen molar-refractivity contribution in [1.29, 1.82) is 0 Å². The number of fused-ring (bicyclic) bond motifs is 2. The van der Waals surface area contributed by atoms with E-state index < -0.39 is 0 Å². The molecular weight excluding hydrogens is 330 g/mol. The molecular formula is C19H21N5O2. The first-order valence-corrected chi connectivity index (χ1v) is 8.62. The standard InChI is InChI=1S/C17H15N5O2.C2H6/c18-10-3-4-13(11-2-1-6-19-12(11)8-10)24-14-5-7-20-17-16(14)22-15(23)9-21-17;1-2/h1-2,4-7,9-10H,3,8,18H2,(H,22,23);1-2H3. The Morgan fingerprint density at radius 1 is 1.19 bits per heavy atom. The summed E-state index contributed by atoms with van der Waals surface area (Å²) in [5, 5.41) is 0. The maximum Gasteiger partial charge on any atom is 0.267 e. The van der Waals surface area contributed by atoms with E-state index in [-0.39, 0.29) is 11.6 Å². The summed E-state index contributed by atoms with van der Waals surface area (Å²) in [5.41, 5.74) is 8.49. The van der Waals surface area contributed by atoms with Gasteiger partial charge in [0.15, 0.2) is 11.4 Å². The molecule has 0 radical (unpaired) electrons. The van der Waals surface area contributed by atoms with Crippen LogP contribution in [0, 0.1) is 0 Å². The quantitative estimate of drug-likeness (QED) is 0.734. The number of nitrogens with two attached hydrogens (primary N) is 1. The number of pyridine rings is 2. The molecule has 0 bridgehead atoms. The van der Waals surface area contributed by atoms with E-state index in [1.165, 1.54) is 6.20 Å². The van der Waals surface area contributed by atoms with Gasteiger partial charge in [0.2, 0.25) is 0 Å². The van der Waals surface area contributed by atoms with Crippen LogP contribution in [0.25, 0.3) is 16.9 Å². The van der Waals surface area contributed by atoms with Crippen LogP contribution in [0.4, 0.5) is 0 Å². The van der Waals surface area contributed by atoms with Crippen LogP contribution in [0.15, 0.2) is 47.7 Å². The van der Waals surface area contributed by atoms with E-state index in [0.29, 0.717) is 35.5 Å². The molecule has 1 aliphatic rings. The zero-order valence-electron chi connectivity index (χ0n) is 14.8. The highest BCUT2D eigenvalue weighted by Gasteiger charge is 2.19. The number of rotatable bonds is 2. The molecule has 4 rings (SSSR count). The van der Waals surface area contributed by atoms with Gasteiger partial charge in [-0.25, -0.2) is 9.97 Å². The molecule has 0 saturated heterocycles. The normalized spacial score (nSPS) is 16.0. The molecule has 3 heterocycles. The molecule has 134 valence electrons. The Morgan fingerprint density at radius 2 is 2.04 bits per heavy atom. The molecule has 3 aromatic heterocycles. The lowest BCUT2D eigenvalue weighted by Gasteiger charge is -2.12. The van der Waals surface area contributed by atoms with Gasteiger partial charge in [0.1, 0.15) is 11.3 Å². The number of hydrogen-bond acceptors (Lipinski definition) is 6. The summed E-state index contributed by atoms with van der Waals surface area (Å²) in [6.07, 6.45) is 7.87. The Morgan fingerprint density at radius 3 is 2.88 bits per heavy atom. The van der Waals surface area contributed by atoms with Crippen molar-refractivity contribution >= 4 is 16.9 Å². The minimum Gasteiger partial charge on any atom is -0.455 e. The first-order valence-electron chi connectivity index (χ1n) is 8.62. The van der Waals surface area contributed by atoms with E-state index in [1.807, 2.05) is 32.1 Å². The van der Waals surface area contributed by atoms with Gasteiger partial charge in [0.05, 0.1) is 11.9 Å². The van der Waals surface area contributed by atoms with Crippen molar-refractivity contribution in [1.82, 2.24) is 19.9 Å². The second-order valence-electron chi connectivity index (χ2n) is 5.62. The summed E-state index contributed by atoms with van der Waals surface area (Å²) in [4.78, 5) is 26.9. The van der Waals surface area contributed by atoms with E-state index in [9.17, 15) is 4.79 Å². The van der Waals surface area contributed by atoms with Gasteiger partial charge < -0.3 is 15.5 Å². The lowest BCUT2D eigenvalue weighted by molar-refractivity contribution is 0.516. The van der Waals surface area contributed by atoms with Crippen molar-refractivity contribution < 1.29 is 4.74 Å². The van der Waals surface area contributed by atoms with Gasteiger partial charge in [-0.3, -0.25) is 9.78 Å². The van der Waals surface area contributed by atoms with Crippen molar-refractivity contribution in [2.24, 2.45) is 5.73 Å². The summed E-state index contributed by atoms with van der Waals surface area (Å²) in [6, 6.07) is 5.51. The Balaban J connectivity index is 0.000000948. The average molecular weight is 351 g/mol. The molecule has 1 aliphatic carbocycles. The number of aromatic nitrogens is 4. The zero-order chi connectivity index (χ0) is 18.5. The van der Waals surface area contributed by atoms with Crippen molar-refractivity contribution in [3.05, 3.63) is 64.5 Å². The molecule has 1 unspecified atom stereocenters. The van der Waals surface area contributed by atoms with E-state index in [1.54, 1.807) is 18.5 Å². The predicted octanol–water partition coefficient (Wildman–Crippen LogP) is 2.43. The fourth-order valence-electron chi connectivity index (χ4n) is 2.75. The molecule has 0 amide bonds. The minimum absolute atomic E-state index is 0.00425. The maximum atomic E-state index is 11.6. The monoisotopic (exact) mass is 351 g/mol. The summed E-state index contributed by atoms with van der Waals surface area (Å²) in [5.74, 6) is 1.16. The van der Waals surface area contributed by atoms with Crippen molar-refractivity contribution in [3.63, 3.8) is 0 Å². The van der Waals surface area contributed by atoms with Crippen LogP contribution in [-0.2, 0) is 6.42 Å². The van der Waals surface area contributed by atoms with E-state index in [4.69, 9.17) is 10.5 Å². The van der Waals surface area contributed by atoms with Gasteiger partial charge in [-0.15, -0.1) is 0 Å². The molecule has 0 fully saturated rings. The number of nitrogens with zero attached hydrogens (tertiary/aromatic N) is 3. The SMILES string of the molecule is CC.NC1CC=C(Oc2ccnc3ncc(=O)[nH]c23)c2cccnc2C1. The Labute approximate surface area is 151 Å². The zero-order valence-corrected chi connectivity index (χ0v) is 14.8. The third kappa shape index (κ3) is 3.62. The summed E-state index contributed by atoms with van der Waals surface area (Å²) in [7, 11) is 0. The molecule has 0 aromatic carbocycles. The molecule has 3 N–H and O–H groups in total. The highest BCUT2D eigenvalue weighted by molar-refractivity contribution is 5.78. The van der Waals surface area contributed by atoms with Crippen molar-refractivity contribution in [2.75, 3.05) is 0 Å². The van der Waals surface area contributed by atoms with Gasteiger partial charge >= 0.3 is 0 Å². The van der Waals surface area contributed by atoms with Crippen LogP contribution in [-0.4, -0.2) is 26.0 Å². The third-order valence-electron chi connectivity index (χ3n) is 3.88. The van der Waals surface area contributed by atoms with E-state index in [2.05, 4.69) is 19.9 Å². The molecule has 7 nitrogen and oxygen atoms in total. The Kier molecular flexibility index (Phi) is 5.38. The molecule has 26 heavy (non-hydrogen) atoms. The topological polar surface area (TPSA) is 107 Å². The van der Waals surface area contributed by atoms with Gasteiger partial charge in [-0.1, -0.05) is 13.8 Å². The number of nitrogens with one attached hydrogen (secondary N) is 1. The second-order valence-corrected chi connectivity index (χ2v) is 5.62. The lowest BCUT2D eigenvalue weighted by Crippen LogP contribution is -2.21. The third-order valence-corrected chi connectivity index (χ3v) is 3.88.